The van der Waals surface area contributed by atoms with Crippen molar-refractivity contribution in [1.82, 2.24) is 14.5 Å². The number of anilines is 1. The lowest BCUT2D eigenvalue weighted by atomic mass is 9.79. The fourth-order valence-corrected chi connectivity index (χ4v) is 5.83. The zero-order valence-corrected chi connectivity index (χ0v) is 21.0. The van der Waals surface area contributed by atoms with Crippen LogP contribution in [0, 0.1) is 17.7 Å². The standard InChI is InChI=1S/C28H29FN4O4/c1-17(2)11-20-13-22(26(35)37-3)28(21-12-19(29)9-10-23(21)31-27(28)36)33(20)25(34)24-15-32(16-30-24)14-18-7-5-4-6-8-18/h4-10,12,15-17,20,22H,11,13-14H2,1-3H3,(H,31,36)/t20-,22-,28+/m0/s1. The molecule has 2 aliphatic heterocycles. The van der Waals surface area contributed by atoms with Gasteiger partial charge in [0.1, 0.15) is 11.5 Å². The van der Waals surface area contributed by atoms with Crippen molar-refractivity contribution in [1.29, 1.82) is 0 Å². The van der Waals surface area contributed by atoms with E-state index in [-0.39, 0.29) is 23.6 Å². The highest BCUT2D eigenvalue weighted by atomic mass is 19.1. The molecule has 2 aromatic carbocycles. The molecule has 2 aliphatic rings. The normalized spacial score (nSPS) is 22.4. The molecular weight excluding hydrogens is 475 g/mol. The van der Waals surface area contributed by atoms with Crippen molar-refractivity contribution in [2.45, 2.75) is 44.8 Å². The molecule has 192 valence electrons. The molecule has 1 aromatic heterocycles. The number of rotatable bonds is 6. The number of ether oxygens (including phenoxy) is 1. The van der Waals surface area contributed by atoms with Gasteiger partial charge in [0.15, 0.2) is 5.54 Å². The van der Waals surface area contributed by atoms with E-state index in [1.807, 2.05) is 44.2 Å². The molecule has 1 spiro atoms. The number of methoxy groups -OCH3 is 1. The number of nitrogens with zero attached hydrogens (tertiary/aromatic N) is 3. The second-order valence-corrected chi connectivity index (χ2v) is 10.1. The first-order chi connectivity index (χ1) is 17.7. The molecule has 0 saturated carbocycles. The molecule has 3 atom stereocenters. The topological polar surface area (TPSA) is 93.5 Å². The number of halogens is 1. The number of amides is 2. The lowest BCUT2D eigenvalue weighted by Crippen LogP contribution is -2.56. The van der Waals surface area contributed by atoms with Gasteiger partial charge in [-0.3, -0.25) is 14.4 Å². The molecule has 1 N–H and O–H groups in total. The summed E-state index contributed by atoms with van der Waals surface area (Å²) in [6.45, 7) is 4.54. The van der Waals surface area contributed by atoms with E-state index in [0.717, 1.165) is 5.56 Å². The van der Waals surface area contributed by atoms with E-state index in [9.17, 15) is 18.8 Å². The van der Waals surface area contributed by atoms with Gasteiger partial charge in [0.05, 0.1) is 19.4 Å². The van der Waals surface area contributed by atoms with Gasteiger partial charge in [-0.05, 0) is 42.5 Å². The van der Waals surface area contributed by atoms with Crippen molar-refractivity contribution >= 4 is 23.5 Å². The van der Waals surface area contributed by atoms with Crippen molar-refractivity contribution in [2.24, 2.45) is 11.8 Å². The Morgan fingerprint density at radius 3 is 2.68 bits per heavy atom. The van der Waals surface area contributed by atoms with Gasteiger partial charge in [0.25, 0.3) is 11.8 Å². The van der Waals surface area contributed by atoms with Crippen LogP contribution in [-0.2, 0) is 26.4 Å². The highest BCUT2D eigenvalue weighted by Crippen LogP contribution is 2.54. The Hall–Kier alpha value is -4.01. The summed E-state index contributed by atoms with van der Waals surface area (Å²) in [7, 11) is 1.25. The van der Waals surface area contributed by atoms with Crippen LogP contribution in [0.3, 0.4) is 0 Å². The van der Waals surface area contributed by atoms with E-state index >= 15 is 0 Å². The number of esters is 1. The summed E-state index contributed by atoms with van der Waals surface area (Å²) in [5.74, 6) is -3.06. The van der Waals surface area contributed by atoms with Crippen LogP contribution in [0.5, 0.6) is 0 Å². The first-order valence-electron chi connectivity index (χ1n) is 12.3. The average Bonchev–Trinajstić information content (AvgIpc) is 3.55. The van der Waals surface area contributed by atoms with Gasteiger partial charge in [-0.2, -0.15) is 0 Å². The van der Waals surface area contributed by atoms with Gasteiger partial charge in [0, 0.05) is 30.0 Å². The predicted octanol–water partition coefficient (Wildman–Crippen LogP) is 3.97. The van der Waals surface area contributed by atoms with Crippen LogP contribution >= 0.6 is 0 Å². The quantitative estimate of drug-likeness (QED) is 0.513. The predicted molar refractivity (Wildman–Crippen MR) is 134 cm³/mol. The highest BCUT2D eigenvalue weighted by molar-refractivity contribution is 6.12. The van der Waals surface area contributed by atoms with Gasteiger partial charge in [-0.1, -0.05) is 44.2 Å². The molecule has 0 bridgehead atoms. The van der Waals surface area contributed by atoms with Gasteiger partial charge in [-0.15, -0.1) is 0 Å². The zero-order chi connectivity index (χ0) is 26.3. The van der Waals surface area contributed by atoms with Crippen LogP contribution in [0.4, 0.5) is 10.1 Å². The number of nitrogens with one attached hydrogen (secondary N) is 1. The lowest BCUT2D eigenvalue weighted by Gasteiger charge is -2.38. The molecule has 8 nitrogen and oxygen atoms in total. The van der Waals surface area contributed by atoms with Crippen LogP contribution < -0.4 is 5.32 Å². The maximum atomic E-state index is 14.5. The summed E-state index contributed by atoms with van der Waals surface area (Å²) in [5.41, 5.74) is 0.0746. The van der Waals surface area contributed by atoms with Gasteiger partial charge in [0.2, 0.25) is 0 Å². The maximum absolute atomic E-state index is 14.5. The molecule has 3 aromatic rings. The van der Waals surface area contributed by atoms with Crippen molar-refractivity contribution < 1.29 is 23.5 Å². The van der Waals surface area contributed by atoms with E-state index in [1.165, 1.54) is 30.2 Å². The van der Waals surface area contributed by atoms with Crippen molar-refractivity contribution in [3.05, 3.63) is 83.7 Å². The molecule has 37 heavy (non-hydrogen) atoms. The molecule has 5 rings (SSSR count). The SMILES string of the molecule is COC(=O)[C@@H]1C[C@H](CC(C)C)N(C(=O)c2cn(Cc3ccccc3)cn2)[C@@]12C(=O)Nc1ccc(F)cc12. The number of imidazole rings is 1. The second kappa shape index (κ2) is 9.46. The maximum Gasteiger partial charge on any atom is 0.312 e. The molecule has 0 radical (unpaired) electrons. The number of carbonyl (C=O) groups excluding carboxylic acids is 3. The van der Waals surface area contributed by atoms with Crippen LogP contribution in [0.1, 0.15) is 48.3 Å². The number of benzene rings is 2. The molecule has 0 unspecified atom stereocenters. The first kappa shape index (κ1) is 24.7. The van der Waals surface area contributed by atoms with Crippen LogP contribution in [0.25, 0.3) is 0 Å². The molecule has 1 saturated heterocycles. The number of likely N-dealkylation sites (tertiary alicyclic amines) is 1. The summed E-state index contributed by atoms with van der Waals surface area (Å²) in [5, 5.41) is 2.78. The Bertz CT molecular complexity index is 1360. The number of carbonyl (C=O) groups is 3. The minimum atomic E-state index is -1.75. The highest BCUT2D eigenvalue weighted by Gasteiger charge is 2.67. The zero-order valence-electron chi connectivity index (χ0n) is 21.0. The fraction of sp³-hybridized carbons (Fsp3) is 0.357. The molecule has 0 aliphatic carbocycles. The summed E-state index contributed by atoms with van der Waals surface area (Å²) in [6, 6.07) is 13.2. The summed E-state index contributed by atoms with van der Waals surface area (Å²) >= 11 is 0. The molecule has 1 fully saturated rings. The third-order valence-electron chi connectivity index (χ3n) is 7.25. The molecule has 9 heteroatoms. The van der Waals surface area contributed by atoms with Gasteiger partial charge < -0.3 is 19.5 Å². The van der Waals surface area contributed by atoms with Gasteiger partial charge >= 0.3 is 5.97 Å². The summed E-state index contributed by atoms with van der Waals surface area (Å²) < 4.78 is 21.4. The van der Waals surface area contributed by atoms with Gasteiger partial charge in [-0.25, -0.2) is 9.37 Å². The fourth-order valence-electron chi connectivity index (χ4n) is 5.83. The minimum Gasteiger partial charge on any atom is -0.469 e. The summed E-state index contributed by atoms with van der Waals surface area (Å²) in [6.07, 6.45) is 3.97. The smallest absolute Gasteiger partial charge is 0.312 e. The van der Waals surface area contributed by atoms with Crippen LogP contribution in [0.15, 0.2) is 61.1 Å². The lowest BCUT2D eigenvalue weighted by molar-refractivity contribution is -0.151. The number of aromatic nitrogens is 2. The summed E-state index contributed by atoms with van der Waals surface area (Å²) in [4.78, 5) is 46.9. The molecule has 3 heterocycles. The Morgan fingerprint density at radius 2 is 1.97 bits per heavy atom. The minimum absolute atomic E-state index is 0.146. The van der Waals surface area contributed by atoms with Crippen molar-refractivity contribution in [3.63, 3.8) is 0 Å². The van der Waals surface area contributed by atoms with Crippen LogP contribution in [0.2, 0.25) is 0 Å². The Balaban J connectivity index is 1.62. The van der Waals surface area contributed by atoms with Crippen molar-refractivity contribution in [3.8, 4) is 0 Å². The second-order valence-electron chi connectivity index (χ2n) is 10.1. The van der Waals surface area contributed by atoms with Crippen molar-refractivity contribution in [2.75, 3.05) is 12.4 Å². The number of fused-ring (bicyclic) bond motifs is 2. The Labute approximate surface area is 214 Å². The monoisotopic (exact) mass is 504 g/mol. The Morgan fingerprint density at radius 1 is 1.22 bits per heavy atom. The van der Waals surface area contributed by atoms with E-state index < -0.39 is 41.1 Å². The van der Waals surface area contributed by atoms with E-state index in [2.05, 4.69) is 10.3 Å². The Kier molecular flexibility index (Phi) is 6.31. The van der Waals surface area contributed by atoms with Crippen LogP contribution in [-0.4, -0.2) is 45.4 Å². The molecule has 2 amide bonds. The average molecular weight is 505 g/mol. The number of hydrogen-bond acceptors (Lipinski definition) is 5. The van der Waals surface area contributed by atoms with E-state index in [0.29, 0.717) is 18.7 Å². The third-order valence-corrected chi connectivity index (χ3v) is 7.25. The third kappa shape index (κ3) is 4.08. The first-order valence-corrected chi connectivity index (χ1v) is 12.3. The van der Waals surface area contributed by atoms with E-state index in [1.54, 1.807) is 17.1 Å². The molecular formula is C28H29FN4O4. The number of hydrogen-bond donors (Lipinski definition) is 1. The largest absolute Gasteiger partial charge is 0.469 e. The van der Waals surface area contributed by atoms with E-state index in [4.69, 9.17) is 4.74 Å².